The number of aromatic nitrogens is 3. The zero-order chi connectivity index (χ0) is 13.0. The molecule has 0 bridgehead atoms. The smallest absolute Gasteiger partial charge is 0.146 e. The highest BCUT2D eigenvalue weighted by molar-refractivity contribution is 5.36. The lowest BCUT2D eigenvalue weighted by molar-refractivity contribution is 0.407. The molecular formula is C13H18N4O. The van der Waals surface area contributed by atoms with Gasteiger partial charge in [-0.05, 0) is 13.0 Å². The van der Waals surface area contributed by atoms with Crippen LogP contribution in [-0.4, -0.2) is 21.9 Å². The first kappa shape index (κ1) is 12.6. The molecule has 0 radical (unpaired) electrons. The fourth-order valence-electron chi connectivity index (χ4n) is 1.82. The standard InChI is InChI=1S/C13H18N4O/c1-10-4-5-12(18-3)11(6-10)7-14-8-13-16-15-9-17(13)2/h4-6,9,14H,7-8H2,1-3H3. The van der Waals surface area contributed by atoms with E-state index in [4.69, 9.17) is 4.74 Å². The van der Waals surface area contributed by atoms with E-state index < -0.39 is 0 Å². The maximum Gasteiger partial charge on any atom is 0.146 e. The molecule has 96 valence electrons. The number of ether oxygens (including phenoxy) is 1. The van der Waals surface area contributed by atoms with Crippen LogP contribution in [0, 0.1) is 6.92 Å². The van der Waals surface area contributed by atoms with Gasteiger partial charge in [-0.25, -0.2) is 0 Å². The van der Waals surface area contributed by atoms with Gasteiger partial charge < -0.3 is 14.6 Å². The van der Waals surface area contributed by atoms with Crippen LogP contribution in [0.3, 0.4) is 0 Å². The van der Waals surface area contributed by atoms with Crippen molar-refractivity contribution in [3.63, 3.8) is 0 Å². The van der Waals surface area contributed by atoms with Gasteiger partial charge in [-0.1, -0.05) is 17.7 Å². The molecule has 1 heterocycles. The van der Waals surface area contributed by atoms with Crippen LogP contribution in [0.1, 0.15) is 17.0 Å². The molecule has 2 aromatic rings. The van der Waals surface area contributed by atoms with Crippen molar-refractivity contribution in [3.05, 3.63) is 41.5 Å². The van der Waals surface area contributed by atoms with Crippen molar-refractivity contribution in [2.24, 2.45) is 7.05 Å². The third kappa shape index (κ3) is 2.87. The molecule has 0 amide bonds. The van der Waals surface area contributed by atoms with E-state index in [-0.39, 0.29) is 0 Å². The summed E-state index contributed by atoms with van der Waals surface area (Å²) in [6.07, 6.45) is 1.70. The number of nitrogens with zero attached hydrogens (tertiary/aromatic N) is 3. The number of aryl methyl sites for hydroxylation is 2. The molecule has 0 fully saturated rings. The molecule has 5 nitrogen and oxygen atoms in total. The Bertz CT molecular complexity index is 521. The summed E-state index contributed by atoms with van der Waals surface area (Å²) in [4.78, 5) is 0. The molecule has 1 aromatic carbocycles. The molecule has 0 atom stereocenters. The molecule has 1 aromatic heterocycles. The van der Waals surface area contributed by atoms with Gasteiger partial charge in [-0.2, -0.15) is 0 Å². The minimum atomic E-state index is 0.688. The molecule has 0 aliphatic heterocycles. The Morgan fingerprint density at radius 2 is 2.17 bits per heavy atom. The minimum Gasteiger partial charge on any atom is -0.496 e. The Morgan fingerprint density at radius 3 is 2.83 bits per heavy atom. The van der Waals surface area contributed by atoms with Crippen LogP contribution in [0.15, 0.2) is 24.5 Å². The zero-order valence-corrected chi connectivity index (χ0v) is 11.0. The van der Waals surface area contributed by atoms with Crippen LogP contribution >= 0.6 is 0 Å². The topological polar surface area (TPSA) is 52.0 Å². The summed E-state index contributed by atoms with van der Waals surface area (Å²) in [6.45, 7) is 3.51. The summed E-state index contributed by atoms with van der Waals surface area (Å²) in [7, 11) is 3.63. The highest BCUT2D eigenvalue weighted by atomic mass is 16.5. The lowest BCUT2D eigenvalue weighted by atomic mass is 10.1. The number of nitrogens with one attached hydrogen (secondary N) is 1. The molecule has 0 saturated carbocycles. The molecule has 0 unspecified atom stereocenters. The average Bonchev–Trinajstić information content (AvgIpc) is 2.76. The van der Waals surface area contributed by atoms with Crippen molar-refractivity contribution in [2.45, 2.75) is 20.0 Å². The molecule has 18 heavy (non-hydrogen) atoms. The molecule has 1 N–H and O–H groups in total. The molecule has 0 aliphatic rings. The monoisotopic (exact) mass is 246 g/mol. The molecule has 5 heteroatoms. The first-order valence-corrected chi connectivity index (χ1v) is 5.88. The summed E-state index contributed by atoms with van der Waals surface area (Å²) < 4.78 is 7.24. The molecule has 0 saturated heterocycles. The van der Waals surface area contributed by atoms with Crippen LogP contribution in [-0.2, 0) is 20.1 Å². The maximum atomic E-state index is 5.34. The summed E-state index contributed by atoms with van der Waals surface area (Å²) in [5.74, 6) is 1.83. The quantitative estimate of drug-likeness (QED) is 0.867. The maximum absolute atomic E-state index is 5.34. The largest absolute Gasteiger partial charge is 0.496 e. The van der Waals surface area contributed by atoms with Crippen LogP contribution < -0.4 is 10.1 Å². The minimum absolute atomic E-state index is 0.688. The Labute approximate surface area is 107 Å². The van der Waals surface area contributed by atoms with Gasteiger partial charge in [0.25, 0.3) is 0 Å². The lowest BCUT2D eigenvalue weighted by Crippen LogP contribution is -2.16. The van der Waals surface area contributed by atoms with Crippen LogP contribution in [0.2, 0.25) is 0 Å². The van der Waals surface area contributed by atoms with Crippen LogP contribution in [0.4, 0.5) is 0 Å². The van der Waals surface area contributed by atoms with Crippen molar-refractivity contribution >= 4 is 0 Å². The van der Waals surface area contributed by atoms with Crippen molar-refractivity contribution in [2.75, 3.05) is 7.11 Å². The van der Waals surface area contributed by atoms with Gasteiger partial charge in [0.05, 0.1) is 13.7 Å². The second kappa shape index (κ2) is 5.64. The Hall–Kier alpha value is -1.88. The Balaban J connectivity index is 1.98. The van der Waals surface area contributed by atoms with Gasteiger partial charge in [-0.15, -0.1) is 10.2 Å². The predicted octanol–water partition coefficient (Wildman–Crippen LogP) is 1.42. The SMILES string of the molecule is COc1ccc(C)cc1CNCc1nncn1C. The van der Waals surface area contributed by atoms with Gasteiger partial charge >= 0.3 is 0 Å². The number of methoxy groups -OCH3 is 1. The second-order valence-electron chi connectivity index (χ2n) is 4.28. The van der Waals surface area contributed by atoms with E-state index in [9.17, 15) is 0 Å². The summed E-state index contributed by atoms with van der Waals surface area (Å²) in [6, 6.07) is 6.17. The fraction of sp³-hybridized carbons (Fsp3) is 0.385. The van der Waals surface area contributed by atoms with E-state index in [0.717, 1.165) is 23.7 Å². The van der Waals surface area contributed by atoms with Gasteiger partial charge in [0.15, 0.2) is 0 Å². The molecular weight excluding hydrogens is 228 g/mol. The van der Waals surface area contributed by atoms with Crippen molar-refractivity contribution in [3.8, 4) is 5.75 Å². The average molecular weight is 246 g/mol. The number of benzene rings is 1. The van der Waals surface area contributed by atoms with Gasteiger partial charge in [0, 0.05) is 19.2 Å². The van der Waals surface area contributed by atoms with Gasteiger partial charge in [-0.3, -0.25) is 0 Å². The van der Waals surface area contributed by atoms with Crippen LogP contribution in [0.5, 0.6) is 5.75 Å². The molecule has 0 spiro atoms. The van der Waals surface area contributed by atoms with E-state index >= 15 is 0 Å². The van der Waals surface area contributed by atoms with E-state index in [1.54, 1.807) is 13.4 Å². The van der Waals surface area contributed by atoms with E-state index in [1.807, 2.05) is 23.7 Å². The number of hydrogen-bond acceptors (Lipinski definition) is 4. The summed E-state index contributed by atoms with van der Waals surface area (Å²) >= 11 is 0. The highest BCUT2D eigenvalue weighted by Crippen LogP contribution is 2.19. The third-order valence-electron chi connectivity index (χ3n) is 2.84. The number of hydrogen-bond donors (Lipinski definition) is 1. The van der Waals surface area contributed by atoms with Crippen molar-refractivity contribution in [1.29, 1.82) is 0 Å². The van der Waals surface area contributed by atoms with Crippen molar-refractivity contribution in [1.82, 2.24) is 20.1 Å². The third-order valence-corrected chi connectivity index (χ3v) is 2.84. The first-order valence-electron chi connectivity index (χ1n) is 5.88. The normalized spacial score (nSPS) is 10.6. The number of rotatable bonds is 5. The van der Waals surface area contributed by atoms with Gasteiger partial charge in [0.2, 0.25) is 0 Å². The second-order valence-corrected chi connectivity index (χ2v) is 4.28. The fourth-order valence-corrected chi connectivity index (χ4v) is 1.82. The highest BCUT2D eigenvalue weighted by Gasteiger charge is 2.04. The summed E-state index contributed by atoms with van der Waals surface area (Å²) in [5, 5.41) is 11.2. The van der Waals surface area contributed by atoms with Crippen LogP contribution in [0.25, 0.3) is 0 Å². The lowest BCUT2D eigenvalue weighted by Gasteiger charge is -2.10. The molecule has 2 rings (SSSR count). The van der Waals surface area contributed by atoms with E-state index in [2.05, 4.69) is 28.5 Å². The zero-order valence-electron chi connectivity index (χ0n) is 11.0. The first-order chi connectivity index (χ1) is 8.70. The predicted molar refractivity (Wildman–Crippen MR) is 69.3 cm³/mol. The van der Waals surface area contributed by atoms with E-state index in [0.29, 0.717) is 6.54 Å². The summed E-state index contributed by atoms with van der Waals surface area (Å²) in [5.41, 5.74) is 2.38. The van der Waals surface area contributed by atoms with E-state index in [1.165, 1.54) is 5.56 Å². The molecule has 0 aliphatic carbocycles. The van der Waals surface area contributed by atoms with Gasteiger partial charge in [0.1, 0.15) is 17.9 Å². The Kier molecular flexibility index (Phi) is 3.94. The Morgan fingerprint density at radius 1 is 1.33 bits per heavy atom. The van der Waals surface area contributed by atoms with Crippen molar-refractivity contribution < 1.29 is 4.74 Å².